The van der Waals surface area contributed by atoms with Gasteiger partial charge in [-0.2, -0.15) is 4.98 Å². The highest BCUT2D eigenvalue weighted by Crippen LogP contribution is 2.26. The molecule has 2 aliphatic carbocycles. The molecule has 9 heteroatoms. The molecule has 170 valence electrons. The van der Waals surface area contributed by atoms with Crippen molar-refractivity contribution in [1.82, 2.24) is 25.1 Å². The topological polar surface area (TPSA) is 117 Å². The van der Waals surface area contributed by atoms with Crippen LogP contribution in [-0.2, 0) is 12.8 Å². The summed E-state index contributed by atoms with van der Waals surface area (Å²) in [6, 6.07) is 9.05. The first-order valence-electron chi connectivity index (χ1n) is 11.6. The van der Waals surface area contributed by atoms with E-state index in [4.69, 9.17) is 5.73 Å². The van der Waals surface area contributed by atoms with Crippen molar-refractivity contribution in [3.63, 3.8) is 0 Å². The molecular formula is C23H31N7O2. The van der Waals surface area contributed by atoms with E-state index >= 15 is 0 Å². The third-order valence-corrected chi connectivity index (χ3v) is 6.79. The molecule has 1 aliphatic heterocycles. The van der Waals surface area contributed by atoms with Gasteiger partial charge in [-0.1, -0.05) is 6.07 Å². The minimum absolute atomic E-state index is 0.225. The molecule has 1 unspecified atom stereocenters. The zero-order valence-corrected chi connectivity index (χ0v) is 18.2. The van der Waals surface area contributed by atoms with E-state index in [9.17, 15) is 9.59 Å². The number of hydrogen-bond acceptors (Lipinski definition) is 6. The molecule has 2 aromatic rings. The summed E-state index contributed by atoms with van der Waals surface area (Å²) in [7, 11) is 0. The number of anilines is 1. The smallest absolute Gasteiger partial charge is 0.328 e. The Morgan fingerprint density at radius 1 is 1.12 bits per heavy atom. The molecule has 3 aliphatic rings. The van der Waals surface area contributed by atoms with E-state index in [1.54, 1.807) is 17.2 Å². The lowest BCUT2D eigenvalue weighted by atomic mass is 9.83. The number of nitrogens with two attached hydrogens (primary N) is 1. The Kier molecular flexibility index (Phi) is 5.95. The second-order valence-corrected chi connectivity index (χ2v) is 9.12. The Morgan fingerprint density at radius 3 is 2.69 bits per heavy atom. The number of rotatable bonds is 4. The van der Waals surface area contributed by atoms with Crippen molar-refractivity contribution in [2.24, 2.45) is 5.73 Å². The molecule has 2 fully saturated rings. The van der Waals surface area contributed by atoms with Crippen LogP contribution in [0.15, 0.2) is 35.3 Å². The summed E-state index contributed by atoms with van der Waals surface area (Å²) in [5.74, 6) is 0.275. The highest BCUT2D eigenvalue weighted by molar-refractivity contribution is 5.88. The van der Waals surface area contributed by atoms with Gasteiger partial charge in [0.15, 0.2) is 0 Å². The zero-order chi connectivity index (χ0) is 22.1. The molecule has 32 heavy (non-hydrogen) atoms. The van der Waals surface area contributed by atoms with E-state index in [0.29, 0.717) is 31.2 Å². The molecule has 1 atom stereocenters. The molecule has 0 radical (unpaired) electrons. The number of nitrogens with one attached hydrogen (secondary N) is 3. The predicted molar refractivity (Wildman–Crippen MR) is 123 cm³/mol. The fraction of sp³-hybridized carbons (Fsp3) is 0.522. The van der Waals surface area contributed by atoms with Crippen LogP contribution in [0.4, 0.5) is 10.6 Å². The molecular weight excluding hydrogens is 406 g/mol. The van der Waals surface area contributed by atoms with Crippen LogP contribution < -0.4 is 27.4 Å². The van der Waals surface area contributed by atoms with E-state index in [2.05, 4.69) is 33.1 Å². The molecule has 1 saturated carbocycles. The standard InChI is InChI=1S/C23H31N7O2/c24-17-13-19(14-17)26-18-3-1-16-12-20(4-2-15(16)11-18)30-8-5-21(28-23(30)32)27-22(31)29-9-6-25-7-10-29/h2,4-5,8,12,17-19,25-26H,1,3,6-7,9-11,13-14,24H2,(H,27,28,31,32)/t17-,18?,19+. The summed E-state index contributed by atoms with van der Waals surface area (Å²) in [5.41, 5.74) is 8.93. The lowest BCUT2D eigenvalue weighted by molar-refractivity contribution is 0.204. The molecule has 1 saturated heterocycles. The van der Waals surface area contributed by atoms with Crippen LogP contribution in [0.2, 0.25) is 0 Å². The number of fused-ring (bicyclic) bond motifs is 1. The maximum atomic E-state index is 12.7. The number of amides is 2. The maximum Gasteiger partial charge on any atom is 0.354 e. The van der Waals surface area contributed by atoms with Crippen molar-refractivity contribution in [2.45, 2.75) is 50.2 Å². The van der Waals surface area contributed by atoms with E-state index < -0.39 is 5.69 Å². The quantitative estimate of drug-likeness (QED) is 0.557. The first kappa shape index (κ1) is 21.1. The van der Waals surface area contributed by atoms with Crippen LogP contribution in [0.1, 0.15) is 30.4 Å². The lowest BCUT2D eigenvalue weighted by Gasteiger charge is -2.38. The van der Waals surface area contributed by atoms with Crippen LogP contribution in [0.5, 0.6) is 0 Å². The summed E-state index contributed by atoms with van der Waals surface area (Å²) in [5, 5.41) is 9.68. The molecule has 1 aromatic heterocycles. The molecule has 0 bridgehead atoms. The van der Waals surface area contributed by atoms with Crippen LogP contribution in [-0.4, -0.2) is 64.8 Å². The zero-order valence-electron chi connectivity index (χ0n) is 18.2. The minimum atomic E-state index is -0.403. The number of nitrogens with zero attached hydrogens (tertiary/aromatic N) is 3. The number of carbonyl (C=O) groups is 1. The second-order valence-electron chi connectivity index (χ2n) is 9.12. The molecule has 9 nitrogen and oxygen atoms in total. The fourth-order valence-electron chi connectivity index (χ4n) is 4.89. The number of piperazine rings is 1. The van der Waals surface area contributed by atoms with Gasteiger partial charge in [-0.3, -0.25) is 9.88 Å². The van der Waals surface area contributed by atoms with E-state index in [1.807, 2.05) is 6.07 Å². The van der Waals surface area contributed by atoms with Gasteiger partial charge < -0.3 is 21.3 Å². The first-order chi connectivity index (χ1) is 15.5. The average Bonchev–Trinajstić information content (AvgIpc) is 2.78. The van der Waals surface area contributed by atoms with Crippen LogP contribution in [0, 0.1) is 0 Å². The first-order valence-corrected chi connectivity index (χ1v) is 11.6. The molecule has 2 amide bonds. The Bertz CT molecular complexity index is 1040. The van der Waals surface area contributed by atoms with E-state index in [-0.39, 0.29) is 11.8 Å². The van der Waals surface area contributed by atoms with Gasteiger partial charge in [0.25, 0.3) is 0 Å². The molecule has 5 N–H and O–H groups in total. The van der Waals surface area contributed by atoms with Crippen molar-refractivity contribution in [1.29, 1.82) is 0 Å². The minimum Gasteiger partial charge on any atom is -0.328 e. The number of benzene rings is 1. The highest BCUT2D eigenvalue weighted by atomic mass is 16.2. The van der Waals surface area contributed by atoms with Crippen LogP contribution in [0.25, 0.3) is 5.69 Å². The van der Waals surface area contributed by atoms with Crippen molar-refractivity contribution in [2.75, 3.05) is 31.5 Å². The summed E-state index contributed by atoms with van der Waals surface area (Å²) in [6.07, 6.45) is 6.91. The third-order valence-electron chi connectivity index (χ3n) is 6.79. The van der Waals surface area contributed by atoms with Gasteiger partial charge in [0.05, 0.1) is 5.69 Å². The largest absolute Gasteiger partial charge is 0.354 e. The second kappa shape index (κ2) is 9.01. The Morgan fingerprint density at radius 2 is 1.94 bits per heavy atom. The van der Waals surface area contributed by atoms with Gasteiger partial charge in [-0.25, -0.2) is 9.59 Å². The molecule has 1 aromatic carbocycles. The highest BCUT2D eigenvalue weighted by Gasteiger charge is 2.29. The number of aryl methyl sites for hydroxylation is 1. The fourth-order valence-corrected chi connectivity index (χ4v) is 4.89. The molecule has 2 heterocycles. The molecule has 5 rings (SSSR count). The van der Waals surface area contributed by atoms with Crippen LogP contribution >= 0.6 is 0 Å². The Labute approximate surface area is 187 Å². The summed E-state index contributed by atoms with van der Waals surface area (Å²) < 4.78 is 1.53. The summed E-state index contributed by atoms with van der Waals surface area (Å²) in [6.45, 7) is 2.82. The van der Waals surface area contributed by atoms with Gasteiger partial charge in [-0.15, -0.1) is 0 Å². The normalized spacial score (nSPS) is 25.0. The molecule has 0 spiro atoms. The summed E-state index contributed by atoms with van der Waals surface area (Å²) >= 11 is 0. The predicted octanol–water partition coefficient (Wildman–Crippen LogP) is 0.606. The Balaban J connectivity index is 1.25. The van der Waals surface area contributed by atoms with Crippen molar-refractivity contribution >= 4 is 11.8 Å². The summed E-state index contributed by atoms with van der Waals surface area (Å²) in [4.78, 5) is 30.8. The number of carbonyl (C=O) groups excluding carboxylic acids is 1. The SMILES string of the molecule is N[C@H]1C[C@@H](NC2CCc3cc(-n4ccc(NC(=O)N5CCNCC5)nc4=O)ccc3C2)C1. The average molecular weight is 438 g/mol. The maximum absolute atomic E-state index is 12.7. The van der Waals surface area contributed by atoms with Gasteiger partial charge in [-0.05, 0) is 61.4 Å². The number of hydrogen-bond donors (Lipinski definition) is 4. The van der Waals surface area contributed by atoms with Gasteiger partial charge >= 0.3 is 11.7 Å². The van der Waals surface area contributed by atoms with E-state index in [1.165, 1.54) is 15.7 Å². The van der Waals surface area contributed by atoms with Crippen LogP contribution in [0.3, 0.4) is 0 Å². The van der Waals surface area contributed by atoms with Gasteiger partial charge in [0, 0.05) is 50.5 Å². The monoisotopic (exact) mass is 437 g/mol. The third kappa shape index (κ3) is 4.55. The number of urea groups is 1. The van der Waals surface area contributed by atoms with Gasteiger partial charge in [0.2, 0.25) is 0 Å². The van der Waals surface area contributed by atoms with Crippen molar-refractivity contribution in [3.05, 3.63) is 52.1 Å². The Hall–Kier alpha value is -2.75. The van der Waals surface area contributed by atoms with Crippen molar-refractivity contribution < 1.29 is 4.79 Å². The van der Waals surface area contributed by atoms with E-state index in [0.717, 1.165) is 50.9 Å². The van der Waals surface area contributed by atoms with Crippen molar-refractivity contribution in [3.8, 4) is 5.69 Å². The van der Waals surface area contributed by atoms with Gasteiger partial charge in [0.1, 0.15) is 5.82 Å². The lowest BCUT2D eigenvalue weighted by Crippen LogP contribution is -2.52. The number of aromatic nitrogens is 2.